The SMILES string of the molecule is CNc1cc(N(CCC(C)C)C2CC2)nc(C)n1. The first-order chi connectivity index (χ1) is 8.60. The molecule has 1 N–H and O–H groups in total. The van der Waals surface area contributed by atoms with Crippen molar-refractivity contribution >= 4 is 11.6 Å². The van der Waals surface area contributed by atoms with Crippen LogP contribution in [0, 0.1) is 12.8 Å². The van der Waals surface area contributed by atoms with E-state index in [-0.39, 0.29) is 0 Å². The summed E-state index contributed by atoms with van der Waals surface area (Å²) < 4.78 is 0. The molecule has 1 aliphatic rings. The Morgan fingerprint density at radius 2 is 2.11 bits per heavy atom. The van der Waals surface area contributed by atoms with E-state index in [1.807, 2.05) is 14.0 Å². The third-order valence-corrected chi connectivity index (χ3v) is 3.31. The van der Waals surface area contributed by atoms with E-state index in [2.05, 4.69) is 40.1 Å². The number of aromatic nitrogens is 2. The largest absolute Gasteiger partial charge is 0.373 e. The number of nitrogens with one attached hydrogen (secondary N) is 1. The molecular formula is C14H24N4. The zero-order chi connectivity index (χ0) is 13.1. The van der Waals surface area contributed by atoms with Gasteiger partial charge >= 0.3 is 0 Å². The van der Waals surface area contributed by atoms with Gasteiger partial charge in [-0.15, -0.1) is 0 Å². The van der Waals surface area contributed by atoms with Crippen LogP contribution in [-0.4, -0.2) is 29.6 Å². The second kappa shape index (κ2) is 5.55. The van der Waals surface area contributed by atoms with Crippen molar-refractivity contribution in [3.63, 3.8) is 0 Å². The van der Waals surface area contributed by atoms with Crippen LogP contribution in [0.1, 0.15) is 38.9 Å². The van der Waals surface area contributed by atoms with Crippen LogP contribution >= 0.6 is 0 Å². The molecule has 0 aliphatic heterocycles. The maximum absolute atomic E-state index is 4.60. The lowest BCUT2D eigenvalue weighted by Gasteiger charge is -2.25. The molecule has 0 radical (unpaired) electrons. The van der Waals surface area contributed by atoms with E-state index in [4.69, 9.17) is 0 Å². The monoisotopic (exact) mass is 248 g/mol. The summed E-state index contributed by atoms with van der Waals surface area (Å²) in [6.07, 6.45) is 3.82. The molecule has 1 aromatic heterocycles. The van der Waals surface area contributed by atoms with Gasteiger partial charge in [-0.05, 0) is 32.1 Å². The second-order valence-corrected chi connectivity index (χ2v) is 5.52. The molecule has 1 saturated carbocycles. The average Bonchev–Trinajstić information content (AvgIpc) is 3.12. The normalized spacial score (nSPS) is 14.9. The van der Waals surface area contributed by atoms with E-state index >= 15 is 0 Å². The Balaban J connectivity index is 2.16. The van der Waals surface area contributed by atoms with Crippen molar-refractivity contribution in [1.29, 1.82) is 0 Å². The molecule has 0 unspecified atom stereocenters. The summed E-state index contributed by atoms with van der Waals surface area (Å²) in [6, 6.07) is 2.76. The van der Waals surface area contributed by atoms with Crippen molar-refractivity contribution in [2.75, 3.05) is 23.8 Å². The van der Waals surface area contributed by atoms with Crippen molar-refractivity contribution < 1.29 is 0 Å². The number of nitrogens with zero attached hydrogens (tertiary/aromatic N) is 3. The van der Waals surface area contributed by atoms with Gasteiger partial charge in [-0.2, -0.15) is 0 Å². The number of rotatable bonds is 6. The van der Waals surface area contributed by atoms with Crippen LogP contribution in [0.2, 0.25) is 0 Å². The van der Waals surface area contributed by atoms with Crippen molar-refractivity contribution in [1.82, 2.24) is 9.97 Å². The molecule has 0 amide bonds. The van der Waals surface area contributed by atoms with E-state index in [0.717, 1.165) is 29.9 Å². The molecule has 100 valence electrons. The Bertz CT molecular complexity index is 399. The van der Waals surface area contributed by atoms with Crippen LogP contribution in [0.15, 0.2) is 6.07 Å². The summed E-state index contributed by atoms with van der Waals surface area (Å²) in [5.74, 6) is 3.56. The van der Waals surface area contributed by atoms with Gasteiger partial charge in [0.2, 0.25) is 0 Å². The molecule has 1 aromatic rings. The summed E-state index contributed by atoms with van der Waals surface area (Å²) >= 11 is 0. The summed E-state index contributed by atoms with van der Waals surface area (Å²) in [5.41, 5.74) is 0. The maximum atomic E-state index is 4.60. The van der Waals surface area contributed by atoms with Gasteiger partial charge in [-0.3, -0.25) is 0 Å². The summed E-state index contributed by atoms with van der Waals surface area (Å²) in [5, 5.41) is 3.11. The number of aryl methyl sites for hydroxylation is 1. The zero-order valence-electron chi connectivity index (χ0n) is 11.9. The molecule has 4 heteroatoms. The molecule has 0 saturated heterocycles. The molecule has 1 aliphatic carbocycles. The Hall–Kier alpha value is -1.32. The molecule has 4 nitrogen and oxygen atoms in total. The van der Waals surface area contributed by atoms with Gasteiger partial charge in [-0.1, -0.05) is 13.8 Å². The molecule has 1 heterocycles. The zero-order valence-corrected chi connectivity index (χ0v) is 11.9. The summed E-state index contributed by atoms with van der Waals surface area (Å²) in [6.45, 7) is 7.60. The van der Waals surface area contributed by atoms with Gasteiger partial charge < -0.3 is 10.2 Å². The van der Waals surface area contributed by atoms with Gasteiger partial charge in [0.25, 0.3) is 0 Å². The Morgan fingerprint density at radius 1 is 1.39 bits per heavy atom. The van der Waals surface area contributed by atoms with Gasteiger partial charge in [0, 0.05) is 25.7 Å². The minimum Gasteiger partial charge on any atom is -0.373 e. The number of hydrogen-bond donors (Lipinski definition) is 1. The standard InChI is InChI=1S/C14H24N4/c1-10(2)7-8-18(12-5-6-12)14-9-13(15-4)16-11(3)17-14/h9-10,12H,5-8H2,1-4H3,(H,15,16,17). The maximum Gasteiger partial charge on any atom is 0.134 e. The first-order valence-corrected chi connectivity index (χ1v) is 6.90. The minimum atomic E-state index is 0.697. The van der Waals surface area contributed by atoms with Gasteiger partial charge in [0.05, 0.1) is 0 Å². The third kappa shape index (κ3) is 3.34. The Kier molecular flexibility index (Phi) is 4.04. The average molecular weight is 248 g/mol. The van der Waals surface area contributed by atoms with Crippen molar-refractivity contribution in [3.8, 4) is 0 Å². The lowest BCUT2D eigenvalue weighted by atomic mass is 10.1. The fourth-order valence-electron chi connectivity index (χ4n) is 2.09. The van der Waals surface area contributed by atoms with Crippen molar-refractivity contribution in [3.05, 3.63) is 11.9 Å². The first-order valence-electron chi connectivity index (χ1n) is 6.90. The molecule has 0 atom stereocenters. The van der Waals surface area contributed by atoms with Gasteiger partial charge in [0.15, 0.2) is 0 Å². The predicted octanol–water partition coefficient (Wildman–Crippen LogP) is 2.84. The molecule has 2 rings (SSSR count). The van der Waals surface area contributed by atoms with Crippen LogP contribution in [0.3, 0.4) is 0 Å². The van der Waals surface area contributed by atoms with Crippen LogP contribution in [0.25, 0.3) is 0 Å². The second-order valence-electron chi connectivity index (χ2n) is 5.52. The fraction of sp³-hybridized carbons (Fsp3) is 0.714. The highest BCUT2D eigenvalue weighted by molar-refractivity contribution is 5.50. The Labute approximate surface area is 110 Å². The molecule has 18 heavy (non-hydrogen) atoms. The van der Waals surface area contributed by atoms with Gasteiger partial charge in [-0.25, -0.2) is 9.97 Å². The number of hydrogen-bond acceptors (Lipinski definition) is 4. The van der Waals surface area contributed by atoms with Crippen molar-refractivity contribution in [2.24, 2.45) is 5.92 Å². The lowest BCUT2D eigenvalue weighted by molar-refractivity contribution is 0.568. The highest BCUT2D eigenvalue weighted by atomic mass is 15.2. The van der Waals surface area contributed by atoms with Crippen molar-refractivity contribution in [2.45, 2.75) is 46.1 Å². The minimum absolute atomic E-state index is 0.697. The van der Waals surface area contributed by atoms with E-state index in [0.29, 0.717) is 6.04 Å². The number of anilines is 2. The lowest BCUT2D eigenvalue weighted by Crippen LogP contribution is -2.29. The molecule has 0 bridgehead atoms. The quantitative estimate of drug-likeness (QED) is 0.840. The first kappa shape index (κ1) is 13.1. The highest BCUT2D eigenvalue weighted by Gasteiger charge is 2.30. The highest BCUT2D eigenvalue weighted by Crippen LogP contribution is 2.31. The fourth-order valence-corrected chi connectivity index (χ4v) is 2.09. The smallest absolute Gasteiger partial charge is 0.134 e. The Morgan fingerprint density at radius 3 is 2.67 bits per heavy atom. The van der Waals surface area contributed by atoms with Crippen LogP contribution in [-0.2, 0) is 0 Å². The van der Waals surface area contributed by atoms with E-state index in [9.17, 15) is 0 Å². The van der Waals surface area contributed by atoms with Gasteiger partial charge in [0.1, 0.15) is 17.5 Å². The van der Waals surface area contributed by atoms with Crippen LogP contribution in [0.5, 0.6) is 0 Å². The summed E-state index contributed by atoms with van der Waals surface area (Å²) in [7, 11) is 1.90. The van der Waals surface area contributed by atoms with Crippen LogP contribution < -0.4 is 10.2 Å². The molecular weight excluding hydrogens is 224 g/mol. The summed E-state index contributed by atoms with van der Waals surface area (Å²) in [4.78, 5) is 11.4. The predicted molar refractivity (Wildman–Crippen MR) is 76.1 cm³/mol. The molecule has 1 fully saturated rings. The van der Waals surface area contributed by atoms with Crippen LogP contribution in [0.4, 0.5) is 11.6 Å². The van der Waals surface area contributed by atoms with E-state index in [1.54, 1.807) is 0 Å². The van der Waals surface area contributed by atoms with E-state index in [1.165, 1.54) is 19.3 Å². The topological polar surface area (TPSA) is 41.0 Å². The molecule has 0 spiro atoms. The third-order valence-electron chi connectivity index (χ3n) is 3.31. The molecule has 0 aromatic carbocycles. The van der Waals surface area contributed by atoms with E-state index < -0.39 is 0 Å².